The average Bonchev–Trinajstić information content (AvgIpc) is 2.61. The fraction of sp³-hybridized carbons (Fsp3) is 1.00. The number of hydrogen-bond donors (Lipinski definition) is 1. The Bertz CT molecular complexity index is 294. The maximum Gasteiger partial charge on any atom is 0.0252 e. The molecule has 1 heterocycles. The first-order valence-corrected chi connectivity index (χ1v) is 8.83. The monoisotopic (exact) mass is 280 g/mol. The van der Waals surface area contributed by atoms with E-state index < -0.39 is 0 Å². The SMILES string of the molecule is CNC1CCC(C(C)(C)C)CC1N1CCCC(C)CC1. The van der Waals surface area contributed by atoms with Crippen molar-refractivity contribution in [2.75, 3.05) is 20.1 Å². The summed E-state index contributed by atoms with van der Waals surface area (Å²) in [7, 11) is 2.16. The summed E-state index contributed by atoms with van der Waals surface area (Å²) < 4.78 is 0. The van der Waals surface area contributed by atoms with Gasteiger partial charge in [0.2, 0.25) is 0 Å². The predicted octanol–water partition coefficient (Wildman–Crippen LogP) is 3.91. The Balaban J connectivity index is 2.04. The molecule has 2 rings (SSSR count). The van der Waals surface area contributed by atoms with Gasteiger partial charge < -0.3 is 5.32 Å². The van der Waals surface area contributed by atoms with E-state index in [4.69, 9.17) is 0 Å². The van der Waals surface area contributed by atoms with Crippen LogP contribution in [0.4, 0.5) is 0 Å². The zero-order valence-electron chi connectivity index (χ0n) is 14.4. The maximum atomic E-state index is 3.61. The van der Waals surface area contributed by atoms with Crippen molar-refractivity contribution < 1.29 is 0 Å². The second kappa shape index (κ2) is 6.79. The summed E-state index contributed by atoms with van der Waals surface area (Å²) >= 11 is 0. The van der Waals surface area contributed by atoms with Crippen LogP contribution in [0.2, 0.25) is 0 Å². The highest BCUT2D eigenvalue weighted by Gasteiger charge is 2.38. The first-order chi connectivity index (χ1) is 9.41. The fourth-order valence-electron chi connectivity index (χ4n) is 4.29. The van der Waals surface area contributed by atoms with Crippen molar-refractivity contribution in [2.24, 2.45) is 17.3 Å². The van der Waals surface area contributed by atoms with Gasteiger partial charge in [0, 0.05) is 12.1 Å². The van der Waals surface area contributed by atoms with E-state index in [-0.39, 0.29) is 0 Å². The molecule has 0 aromatic carbocycles. The van der Waals surface area contributed by atoms with E-state index in [1.54, 1.807) is 0 Å². The van der Waals surface area contributed by atoms with Crippen LogP contribution in [0.1, 0.15) is 66.2 Å². The lowest BCUT2D eigenvalue weighted by molar-refractivity contribution is 0.0617. The maximum absolute atomic E-state index is 3.61. The highest BCUT2D eigenvalue weighted by Crippen LogP contribution is 2.39. The molecule has 20 heavy (non-hydrogen) atoms. The minimum absolute atomic E-state index is 0.468. The first kappa shape index (κ1) is 16.3. The van der Waals surface area contributed by atoms with Crippen LogP contribution in [0.3, 0.4) is 0 Å². The van der Waals surface area contributed by atoms with E-state index in [0.29, 0.717) is 11.5 Å². The van der Waals surface area contributed by atoms with Crippen molar-refractivity contribution in [1.29, 1.82) is 0 Å². The molecule has 0 amide bonds. The van der Waals surface area contributed by atoms with Crippen molar-refractivity contribution >= 4 is 0 Å². The van der Waals surface area contributed by atoms with Gasteiger partial charge in [-0.1, -0.05) is 27.7 Å². The molecule has 0 aromatic rings. The smallest absolute Gasteiger partial charge is 0.0252 e. The molecular formula is C18H36N2. The molecule has 2 fully saturated rings. The molecule has 1 aliphatic carbocycles. The molecular weight excluding hydrogens is 244 g/mol. The third-order valence-corrected chi connectivity index (χ3v) is 5.93. The van der Waals surface area contributed by atoms with Crippen molar-refractivity contribution in [3.05, 3.63) is 0 Å². The van der Waals surface area contributed by atoms with Crippen molar-refractivity contribution in [1.82, 2.24) is 10.2 Å². The van der Waals surface area contributed by atoms with Gasteiger partial charge in [0.25, 0.3) is 0 Å². The van der Waals surface area contributed by atoms with Crippen LogP contribution in [0.5, 0.6) is 0 Å². The van der Waals surface area contributed by atoms with E-state index in [1.807, 2.05) is 0 Å². The summed E-state index contributed by atoms with van der Waals surface area (Å²) in [4.78, 5) is 2.82. The Hall–Kier alpha value is -0.0800. The van der Waals surface area contributed by atoms with E-state index in [2.05, 4.69) is 45.0 Å². The highest BCUT2D eigenvalue weighted by atomic mass is 15.2. The molecule has 118 valence electrons. The third-order valence-electron chi connectivity index (χ3n) is 5.93. The molecule has 0 aromatic heterocycles. The van der Waals surface area contributed by atoms with Crippen LogP contribution in [0.25, 0.3) is 0 Å². The van der Waals surface area contributed by atoms with Gasteiger partial charge in [-0.25, -0.2) is 0 Å². The molecule has 1 aliphatic heterocycles. The summed E-state index contributed by atoms with van der Waals surface area (Å²) in [5, 5.41) is 3.61. The first-order valence-electron chi connectivity index (χ1n) is 8.83. The molecule has 4 atom stereocenters. The molecule has 1 N–H and O–H groups in total. The van der Waals surface area contributed by atoms with Gasteiger partial charge in [0.1, 0.15) is 0 Å². The van der Waals surface area contributed by atoms with Crippen LogP contribution in [0.15, 0.2) is 0 Å². The van der Waals surface area contributed by atoms with Gasteiger partial charge in [0.05, 0.1) is 0 Å². The molecule has 1 saturated carbocycles. The Morgan fingerprint density at radius 3 is 2.40 bits per heavy atom. The summed E-state index contributed by atoms with van der Waals surface area (Å²) in [6.07, 6.45) is 8.37. The molecule has 2 aliphatic rings. The van der Waals surface area contributed by atoms with E-state index >= 15 is 0 Å². The van der Waals surface area contributed by atoms with Crippen molar-refractivity contribution in [3.63, 3.8) is 0 Å². The largest absolute Gasteiger partial charge is 0.315 e. The molecule has 0 bridgehead atoms. The van der Waals surface area contributed by atoms with Gasteiger partial charge in [-0.3, -0.25) is 4.90 Å². The number of likely N-dealkylation sites (N-methyl/N-ethyl adjacent to an activating group) is 1. The lowest BCUT2D eigenvalue weighted by Gasteiger charge is -2.46. The minimum Gasteiger partial charge on any atom is -0.315 e. The average molecular weight is 280 g/mol. The number of nitrogens with zero attached hydrogens (tertiary/aromatic N) is 1. The predicted molar refractivity (Wildman–Crippen MR) is 88.0 cm³/mol. The minimum atomic E-state index is 0.468. The van der Waals surface area contributed by atoms with E-state index in [0.717, 1.165) is 17.9 Å². The lowest BCUT2D eigenvalue weighted by atomic mass is 9.69. The molecule has 2 nitrogen and oxygen atoms in total. The second-order valence-corrected chi connectivity index (χ2v) is 8.41. The summed E-state index contributed by atoms with van der Waals surface area (Å²) in [5.74, 6) is 1.81. The van der Waals surface area contributed by atoms with Gasteiger partial charge in [0.15, 0.2) is 0 Å². The summed E-state index contributed by atoms with van der Waals surface area (Å²) in [5.41, 5.74) is 0.468. The zero-order chi connectivity index (χ0) is 14.8. The highest BCUT2D eigenvalue weighted by molar-refractivity contribution is 4.94. The molecule has 0 spiro atoms. The quantitative estimate of drug-likeness (QED) is 0.825. The Morgan fingerprint density at radius 1 is 1.00 bits per heavy atom. The standard InChI is InChI=1S/C18H36N2/c1-14-7-6-11-20(12-10-14)17-13-15(18(2,3)4)8-9-16(17)19-5/h14-17,19H,6-13H2,1-5H3. The molecule has 1 saturated heterocycles. The summed E-state index contributed by atoms with van der Waals surface area (Å²) in [6.45, 7) is 12.4. The van der Waals surface area contributed by atoms with Crippen LogP contribution in [-0.2, 0) is 0 Å². The number of hydrogen-bond acceptors (Lipinski definition) is 2. The van der Waals surface area contributed by atoms with Crippen LogP contribution in [-0.4, -0.2) is 37.1 Å². The normalized spacial score (nSPS) is 37.6. The van der Waals surface area contributed by atoms with Crippen LogP contribution in [0, 0.1) is 17.3 Å². The lowest BCUT2D eigenvalue weighted by Crippen LogP contribution is -2.53. The third kappa shape index (κ3) is 3.98. The molecule has 2 heteroatoms. The van der Waals surface area contributed by atoms with E-state index in [1.165, 1.54) is 51.6 Å². The van der Waals surface area contributed by atoms with Gasteiger partial charge in [-0.15, -0.1) is 0 Å². The van der Waals surface area contributed by atoms with Crippen molar-refractivity contribution in [2.45, 2.75) is 78.3 Å². The number of nitrogens with one attached hydrogen (secondary N) is 1. The van der Waals surface area contributed by atoms with Crippen molar-refractivity contribution in [3.8, 4) is 0 Å². The summed E-state index contributed by atoms with van der Waals surface area (Å²) in [6, 6.07) is 1.48. The Morgan fingerprint density at radius 2 is 1.75 bits per heavy atom. The van der Waals surface area contributed by atoms with Crippen LogP contribution < -0.4 is 5.32 Å². The van der Waals surface area contributed by atoms with Gasteiger partial charge in [-0.05, 0) is 75.9 Å². The number of likely N-dealkylation sites (tertiary alicyclic amines) is 1. The second-order valence-electron chi connectivity index (χ2n) is 8.41. The Kier molecular flexibility index (Phi) is 5.53. The molecule has 4 unspecified atom stereocenters. The topological polar surface area (TPSA) is 15.3 Å². The van der Waals surface area contributed by atoms with Gasteiger partial charge >= 0.3 is 0 Å². The van der Waals surface area contributed by atoms with Crippen LogP contribution >= 0.6 is 0 Å². The van der Waals surface area contributed by atoms with Gasteiger partial charge in [-0.2, -0.15) is 0 Å². The Labute approximate surface area is 126 Å². The van der Waals surface area contributed by atoms with E-state index in [9.17, 15) is 0 Å². The molecule has 0 radical (unpaired) electrons. The zero-order valence-corrected chi connectivity index (χ0v) is 14.4. The fourth-order valence-corrected chi connectivity index (χ4v) is 4.29. The number of rotatable bonds is 2.